The number of benzene rings is 2. The van der Waals surface area contributed by atoms with Gasteiger partial charge in [0.1, 0.15) is 5.75 Å². The predicted molar refractivity (Wildman–Crippen MR) is 78.9 cm³/mol. The van der Waals surface area contributed by atoms with E-state index < -0.39 is 5.97 Å². The highest BCUT2D eigenvalue weighted by atomic mass is 16.7. The van der Waals surface area contributed by atoms with Crippen molar-refractivity contribution in [3.05, 3.63) is 60.4 Å². The van der Waals surface area contributed by atoms with Crippen molar-refractivity contribution in [1.82, 2.24) is 15.0 Å². The summed E-state index contributed by atoms with van der Waals surface area (Å²) in [5, 5.41) is 8.19. The topological polar surface area (TPSA) is 75.5 Å². The number of hydrogen-bond acceptors (Lipinski definition) is 6. The van der Waals surface area contributed by atoms with Gasteiger partial charge in [-0.25, -0.2) is 4.79 Å². The number of esters is 1. The molecule has 7 heteroatoms. The van der Waals surface area contributed by atoms with Crippen LogP contribution in [-0.4, -0.2) is 27.8 Å². The first-order chi connectivity index (χ1) is 11.3. The third kappa shape index (κ3) is 2.59. The summed E-state index contributed by atoms with van der Waals surface area (Å²) in [5.74, 6) is 0.933. The molecule has 1 aliphatic heterocycles. The van der Waals surface area contributed by atoms with Crippen LogP contribution in [0.25, 0.3) is 5.69 Å². The molecule has 0 amide bonds. The lowest BCUT2D eigenvalue weighted by Crippen LogP contribution is -2.10. The number of aromatic nitrogens is 3. The van der Waals surface area contributed by atoms with E-state index >= 15 is 0 Å². The molecular weight excluding hydrogens is 298 g/mol. The number of carbonyl (C=O) groups excluding carboxylic acids is 1. The Kier molecular flexibility index (Phi) is 3.16. The second-order valence-corrected chi connectivity index (χ2v) is 4.76. The van der Waals surface area contributed by atoms with Crippen molar-refractivity contribution in [2.24, 2.45) is 0 Å². The SMILES string of the molecule is O=C(Oc1ccc2c(c1)OCO2)c1cnn(-c2ccccc2)n1. The first-order valence-corrected chi connectivity index (χ1v) is 6.89. The highest BCUT2D eigenvalue weighted by molar-refractivity contribution is 5.88. The smallest absolute Gasteiger partial charge is 0.365 e. The van der Waals surface area contributed by atoms with E-state index in [1.165, 1.54) is 11.0 Å². The van der Waals surface area contributed by atoms with Crippen LogP contribution >= 0.6 is 0 Å². The van der Waals surface area contributed by atoms with Gasteiger partial charge >= 0.3 is 5.97 Å². The van der Waals surface area contributed by atoms with Crippen LogP contribution in [-0.2, 0) is 0 Å². The average molecular weight is 309 g/mol. The van der Waals surface area contributed by atoms with Gasteiger partial charge in [0.05, 0.1) is 11.9 Å². The van der Waals surface area contributed by atoms with Gasteiger partial charge < -0.3 is 14.2 Å². The summed E-state index contributed by atoms with van der Waals surface area (Å²) < 4.78 is 15.7. The molecule has 2 aromatic carbocycles. The monoisotopic (exact) mass is 309 g/mol. The molecule has 7 nitrogen and oxygen atoms in total. The Labute approximate surface area is 131 Å². The molecule has 0 saturated carbocycles. The van der Waals surface area contributed by atoms with Gasteiger partial charge in [-0.1, -0.05) is 18.2 Å². The average Bonchev–Trinajstić information content (AvgIpc) is 3.24. The van der Waals surface area contributed by atoms with Crippen LogP contribution in [0.5, 0.6) is 17.2 Å². The summed E-state index contributed by atoms with van der Waals surface area (Å²) in [6, 6.07) is 14.2. The van der Waals surface area contributed by atoms with Crippen molar-refractivity contribution in [3.8, 4) is 22.9 Å². The molecule has 0 N–H and O–H groups in total. The Morgan fingerprint density at radius 3 is 2.78 bits per heavy atom. The van der Waals surface area contributed by atoms with Crippen LogP contribution in [0.1, 0.15) is 10.5 Å². The Morgan fingerprint density at radius 2 is 1.91 bits per heavy atom. The zero-order valence-electron chi connectivity index (χ0n) is 11.9. The molecule has 0 saturated heterocycles. The lowest BCUT2D eigenvalue weighted by atomic mass is 10.3. The predicted octanol–water partition coefficient (Wildman–Crippen LogP) is 2.22. The van der Waals surface area contributed by atoms with Crippen LogP contribution in [0, 0.1) is 0 Å². The second-order valence-electron chi connectivity index (χ2n) is 4.76. The number of fused-ring (bicyclic) bond motifs is 1. The fourth-order valence-corrected chi connectivity index (χ4v) is 2.14. The summed E-state index contributed by atoms with van der Waals surface area (Å²) in [6.45, 7) is 0.165. The van der Waals surface area contributed by atoms with Crippen LogP contribution < -0.4 is 14.2 Å². The van der Waals surface area contributed by atoms with Gasteiger partial charge in [-0.15, -0.1) is 5.10 Å². The fraction of sp³-hybridized carbons (Fsp3) is 0.0625. The normalized spacial score (nSPS) is 12.2. The minimum atomic E-state index is -0.592. The van der Waals surface area contributed by atoms with E-state index in [1.807, 2.05) is 30.3 Å². The van der Waals surface area contributed by atoms with E-state index in [-0.39, 0.29) is 12.5 Å². The van der Waals surface area contributed by atoms with E-state index in [2.05, 4.69) is 10.2 Å². The van der Waals surface area contributed by atoms with Gasteiger partial charge in [0, 0.05) is 6.07 Å². The van der Waals surface area contributed by atoms with Crippen molar-refractivity contribution >= 4 is 5.97 Å². The highest BCUT2D eigenvalue weighted by Crippen LogP contribution is 2.35. The Hall–Kier alpha value is -3.35. The van der Waals surface area contributed by atoms with E-state index in [0.717, 1.165) is 5.69 Å². The lowest BCUT2D eigenvalue weighted by Gasteiger charge is -2.03. The molecule has 0 atom stereocenters. The molecule has 1 aliphatic rings. The molecule has 0 fully saturated rings. The summed E-state index contributed by atoms with van der Waals surface area (Å²) in [7, 11) is 0. The molecule has 3 aromatic rings. The molecule has 0 unspecified atom stereocenters. The molecule has 0 spiro atoms. The van der Waals surface area contributed by atoms with Gasteiger partial charge in [0.2, 0.25) is 6.79 Å². The fourth-order valence-electron chi connectivity index (χ4n) is 2.14. The number of nitrogens with zero attached hydrogens (tertiary/aromatic N) is 3. The van der Waals surface area contributed by atoms with Crippen molar-refractivity contribution in [3.63, 3.8) is 0 Å². The van der Waals surface area contributed by atoms with E-state index in [1.54, 1.807) is 18.2 Å². The Balaban J connectivity index is 1.52. The summed E-state index contributed by atoms with van der Waals surface area (Å²) >= 11 is 0. The zero-order valence-corrected chi connectivity index (χ0v) is 11.9. The minimum absolute atomic E-state index is 0.117. The van der Waals surface area contributed by atoms with Crippen molar-refractivity contribution in [2.75, 3.05) is 6.79 Å². The molecular formula is C16H11N3O4. The van der Waals surface area contributed by atoms with Crippen molar-refractivity contribution in [2.45, 2.75) is 0 Å². The first kappa shape index (κ1) is 13.3. The quantitative estimate of drug-likeness (QED) is 0.545. The summed E-state index contributed by atoms with van der Waals surface area (Å²) in [6.07, 6.45) is 1.36. The molecule has 0 radical (unpaired) electrons. The third-order valence-corrected chi connectivity index (χ3v) is 3.24. The first-order valence-electron chi connectivity index (χ1n) is 6.89. The van der Waals surface area contributed by atoms with E-state index in [4.69, 9.17) is 14.2 Å². The second kappa shape index (κ2) is 5.45. The lowest BCUT2D eigenvalue weighted by molar-refractivity contribution is 0.0728. The van der Waals surface area contributed by atoms with E-state index in [9.17, 15) is 4.79 Å². The van der Waals surface area contributed by atoms with Crippen LogP contribution in [0.3, 0.4) is 0 Å². The molecule has 1 aromatic heterocycles. The molecule has 2 heterocycles. The molecule has 4 rings (SSSR count). The van der Waals surface area contributed by atoms with E-state index in [0.29, 0.717) is 17.2 Å². The largest absolute Gasteiger partial charge is 0.454 e. The third-order valence-electron chi connectivity index (χ3n) is 3.24. The van der Waals surface area contributed by atoms with Gasteiger partial charge in [0.15, 0.2) is 17.2 Å². The Morgan fingerprint density at radius 1 is 1.09 bits per heavy atom. The van der Waals surface area contributed by atoms with Crippen LogP contribution in [0.15, 0.2) is 54.7 Å². The van der Waals surface area contributed by atoms with Gasteiger partial charge in [-0.05, 0) is 24.3 Å². The van der Waals surface area contributed by atoms with Crippen molar-refractivity contribution in [1.29, 1.82) is 0 Å². The molecule has 0 aliphatic carbocycles. The highest BCUT2D eigenvalue weighted by Gasteiger charge is 2.18. The maximum Gasteiger partial charge on any atom is 0.365 e. The summed E-state index contributed by atoms with van der Waals surface area (Å²) in [4.78, 5) is 13.5. The molecule has 0 bridgehead atoms. The Bertz CT molecular complexity index is 861. The van der Waals surface area contributed by atoms with Crippen LogP contribution in [0.4, 0.5) is 0 Å². The number of carbonyl (C=O) groups is 1. The standard InChI is InChI=1S/C16H11N3O4/c20-16(23-12-6-7-14-15(8-12)22-10-21-14)13-9-17-19(18-13)11-4-2-1-3-5-11/h1-9H,10H2. The van der Waals surface area contributed by atoms with Gasteiger partial charge in [-0.2, -0.15) is 9.90 Å². The minimum Gasteiger partial charge on any atom is -0.454 e. The van der Waals surface area contributed by atoms with Crippen LogP contribution in [0.2, 0.25) is 0 Å². The molecule has 114 valence electrons. The number of hydrogen-bond donors (Lipinski definition) is 0. The maximum atomic E-state index is 12.1. The number of ether oxygens (including phenoxy) is 3. The zero-order chi connectivity index (χ0) is 15.6. The van der Waals surface area contributed by atoms with Gasteiger partial charge in [-0.3, -0.25) is 0 Å². The molecule has 23 heavy (non-hydrogen) atoms. The summed E-state index contributed by atoms with van der Waals surface area (Å²) in [5.41, 5.74) is 0.876. The number of rotatable bonds is 3. The van der Waals surface area contributed by atoms with Crippen molar-refractivity contribution < 1.29 is 19.0 Å². The maximum absolute atomic E-state index is 12.1. The number of para-hydroxylation sites is 1. The van der Waals surface area contributed by atoms with Gasteiger partial charge in [0.25, 0.3) is 0 Å².